The van der Waals surface area contributed by atoms with Gasteiger partial charge in [-0.05, 0) is 24.1 Å². The topological polar surface area (TPSA) is 38.5 Å². The number of benzene rings is 1. The highest BCUT2D eigenvalue weighted by molar-refractivity contribution is 5.22. The second-order valence-corrected chi connectivity index (χ2v) is 4.43. The largest absolute Gasteiger partial charge is 0.380 e. The van der Waals surface area contributed by atoms with Crippen LogP contribution in [0.2, 0.25) is 0 Å². The zero-order chi connectivity index (χ0) is 13.0. The van der Waals surface area contributed by atoms with E-state index in [0.29, 0.717) is 13.2 Å². The molecule has 1 saturated heterocycles. The van der Waals surface area contributed by atoms with Gasteiger partial charge >= 0.3 is 0 Å². The smallest absolute Gasteiger partial charge is 0.159 e. The fourth-order valence-corrected chi connectivity index (χ4v) is 2.29. The van der Waals surface area contributed by atoms with Gasteiger partial charge in [0.2, 0.25) is 0 Å². The number of ether oxygens (including phenoxy) is 1. The first kappa shape index (κ1) is 13.4. The predicted octanol–water partition coefficient (Wildman–Crippen LogP) is 1.69. The molecule has 1 atom stereocenters. The van der Waals surface area contributed by atoms with Gasteiger partial charge in [0.1, 0.15) is 0 Å². The van der Waals surface area contributed by atoms with Gasteiger partial charge in [0.05, 0.1) is 6.61 Å². The van der Waals surface area contributed by atoms with Gasteiger partial charge in [-0.1, -0.05) is 6.07 Å². The van der Waals surface area contributed by atoms with Crippen molar-refractivity contribution in [2.75, 3.05) is 32.8 Å². The normalized spacial score (nSPS) is 19.5. The molecule has 1 unspecified atom stereocenters. The molecule has 1 aliphatic rings. The Morgan fingerprint density at radius 3 is 2.78 bits per heavy atom. The van der Waals surface area contributed by atoms with Gasteiger partial charge < -0.3 is 10.5 Å². The number of nitrogens with two attached hydrogens (primary N) is 1. The molecule has 1 fully saturated rings. The van der Waals surface area contributed by atoms with Crippen LogP contribution in [0.15, 0.2) is 18.2 Å². The summed E-state index contributed by atoms with van der Waals surface area (Å²) in [4.78, 5) is 2.17. The number of nitrogens with zero attached hydrogens (tertiary/aromatic N) is 1. The summed E-state index contributed by atoms with van der Waals surface area (Å²) < 4.78 is 31.6. The Hall–Kier alpha value is -1.04. The van der Waals surface area contributed by atoms with Gasteiger partial charge in [0, 0.05) is 32.3 Å². The second kappa shape index (κ2) is 6.22. The van der Waals surface area contributed by atoms with Crippen LogP contribution >= 0.6 is 0 Å². The molecule has 3 nitrogen and oxygen atoms in total. The van der Waals surface area contributed by atoms with E-state index in [4.69, 9.17) is 10.5 Å². The minimum absolute atomic E-state index is 0.0817. The summed E-state index contributed by atoms with van der Waals surface area (Å²) in [5, 5.41) is 0. The molecule has 2 N–H and O–H groups in total. The van der Waals surface area contributed by atoms with Crippen molar-refractivity contribution in [3.63, 3.8) is 0 Å². The monoisotopic (exact) mass is 256 g/mol. The van der Waals surface area contributed by atoms with Crippen molar-refractivity contribution in [2.45, 2.75) is 12.5 Å². The molecule has 0 amide bonds. The Bertz CT molecular complexity index is 393. The first-order valence-electron chi connectivity index (χ1n) is 6.19. The lowest BCUT2D eigenvalue weighted by Gasteiger charge is -2.29. The van der Waals surface area contributed by atoms with Crippen LogP contribution in [0.1, 0.15) is 18.0 Å². The Morgan fingerprint density at radius 2 is 2.06 bits per heavy atom. The standard InChI is InChI=1S/C13H18F2N2O/c14-11-3-2-10(8-12(11)15)13(9-16)17-4-1-6-18-7-5-17/h2-3,8,13H,1,4-7,9,16H2. The average Bonchev–Trinajstić information content (AvgIpc) is 2.64. The van der Waals surface area contributed by atoms with E-state index in [-0.39, 0.29) is 6.04 Å². The van der Waals surface area contributed by atoms with E-state index in [1.165, 1.54) is 6.07 Å². The lowest BCUT2D eigenvalue weighted by molar-refractivity contribution is 0.132. The Balaban J connectivity index is 2.17. The van der Waals surface area contributed by atoms with Crippen molar-refractivity contribution in [1.29, 1.82) is 0 Å². The van der Waals surface area contributed by atoms with Gasteiger partial charge in [-0.3, -0.25) is 4.90 Å². The van der Waals surface area contributed by atoms with E-state index in [0.717, 1.165) is 37.7 Å². The number of rotatable bonds is 3. The summed E-state index contributed by atoms with van der Waals surface area (Å²) in [5.74, 6) is -1.65. The third kappa shape index (κ3) is 3.04. The maximum Gasteiger partial charge on any atom is 0.159 e. The van der Waals surface area contributed by atoms with Crippen molar-refractivity contribution < 1.29 is 13.5 Å². The van der Waals surface area contributed by atoms with Crippen molar-refractivity contribution >= 4 is 0 Å². The van der Waals surface area contributed by atoms with Gasteiger partial charge in [0.25, 0.3) is 0 Å². The van der Waals surface area contributed by atoms with Gasteiger partial charge in [-0.15, -0.1) is 0 Å². The highest BCUT2D eigenvalue weighted by Gasteiger charge is 2.21. The molecular weight excluding hydrogens is 238 g/mol. The Morgan fingerprint density at radius 1 is 1.22 bits per heavy atom. The maximum atomic E-state index is 13.3. The van der Waals surface area contributed by atoms with Crippen molar-refractivity contribution in [1.82, 2.24) is 4.90 Å². The molecule has 0 radical (unpaired) electrons. The van der Waals surface area contributed by atoms with Crippen LogP contribution in [0.5, 0.6) is 0 Å². The summed E-state index contributed by atoms with van der Waals surface area (Å²) in [6.45, 7) is 3.40. The molecule has 1 aromatic rings. The summed E-state index contributed by atoms with van der Waals surface area (Å²) in [5.41, 5.74) is 6.50. The van der Waals surface area contributed by atoms with Gasteiger partial charge in [-0.2, -0.15) is 0 Å². The van der Waals surface area contributed by atoms with Crippen LogP contribution in [-0.2, 0) is 4.74 Å². The third-order valence-corrected chi connectivity index (χ3v) is 3.25. The minimum atomic E-state index is -0.825. The Labute approximate surface area is 106 Å². The first-order chi connectivity index (χ1) is 8.72. The number of halogens is 2. The summed E-state index contributed by atoms with van der Waals surface area (Å²) in [7, 11) is 0. The third-order valence-electron chi connectivity index (χ3n) is 3.25. The first-order valence-corrected chi connectivity index (χ1v) is 6.19. The number of hydrogen-bond donors (Lipinski definition) is 1. The van der Waals surface area contributed by atoms with E-state index >= 15 is 0 Å². The molecule has 0 spiro atoms. The summed E-state index contributed by atoms with van der Waals surface area (Å²) >= 11 is 0. The van der Waals surface area contributed by atoms with Crippen LogP contribution in [-0.4, -0.2) is 37.7 Å². The molecule has 100 valence electrons. The molecular formula is C13H18F2N2O. The summed E-state index contributed by atoms with van der Waals surface area (Å²) in [6.07, 6.45) is 0.931. The highest BCUT2D eigenvalue weighted by Crippen LogP contribution is 2.22. The highest BCUT2D eigenvalue weighted by atomic mass is 19.2. The predicted molar refractivity (Wildman–Crippen MR) is 65.2 cm³/mol. The van der Waals surface area contributed by atoms with Crippen LogP contribution in [0.4, 0.5) is 8.78 Å². The van der Waals surface area contributed by atoms with E-state index in [1.54, 1.807) is 6.07 Å². The van der Waals surface area contributed by atoms with E-state index in [1.807, 2.05) is 0 Å². The lowest BCUT2D eigenvalue weighted by Crippen LogP contribution is -2.35. The quantitative estimate of drug-likeness (QED) is 0.894. The fourth-order valence-electron chi connectivity index (χ4n) is 2.29. The van der Waals surface area contributed by atoms with E-state index in [2.05, 4.69) is 4.90 Å². The molecule has 0 aliphatic carbocycles. The van der Waals surface area contributed by atoms with Crippen LogP contribution in [0.25, 0.3) is 0 Å². The van der Waals surface area contributed by atoms with Crippen LogP contribution in [0.3, 0.4) is 0 Å². The van der Waals surface area contributed by atoms with Gasteiger partial charge in [0.15, 0.2) is 11.6 Å². The molecule has 1 heterocycles. The van der Waals surface area contributed by atoms with Crippen LogP contribution < -0.4 is 5.73 Å². The van der Waals surface area contributed by atoms with Gasteiger partial charge in [-0.25, -0.2) is 8.78 Å². The molecule has 1 aromatic carbocycles. The van der Waals surface area contributed by atoms with Crippen molar-refractivity contribution in [2.24, 2.45) is 5.73 Å². The molecule has 5 heteroatoms. The van der Waals surface area contributed by atoms with Crippen molar-refractivity contribution in [3.8, 4) is 0 Å². The molecule has 18 heavy (non-hydrogen) atoms. The molecule has 1 aliphatic heterocycles. The summed E-state index contributed by atoms with van der Waals surface area (Å²) in [6, 6.07) is 3.91. The van der Waals surface area contributed by atoms with E-state index in [9.17, 15) is 8.78 Å². The van der Waals surface area contributed by atoms with Crippen LogP contribution in [0, 0.1) is 11.6 Å². The van der Waals surface area contributed by atoms with Crippen molar-refractivity contribution in [3.05, 3.63) is 35.4 Å². The average molecular weight is 256 g/mol. The SMILES string of the molecule is NCC(c1ccc(F)c(F)c1)N1CCCOCC1. The fraction of sp³-hybridized carbons (Fsp3) is 0.538. The molecule has 0 aromatic heterocycles. The maximum absolute atomic E-state index is 13.3. The molecule has 0 saturated carbocycles. The Kier molecular flexibility index (Phi) is 4.63. The molecule has 2 rings (SSSR count). The number of hydrogen-bond acceptors (Lipinski definition) is 3. The lowest BCUT2D eigenvalue weighted by atomic mass is 10.0. The minimum Gasteiger partial charge on any atom is -0.380 e. The zero-order valence-electron chi connectivity index (χ0n) is 10.2. The zero-order valence-corrected chi connectivity index (χ0v) is 10.2. The van der Waals surface area contributed by atoms with E-state index < -0.39 is 11.6 Å². The second-order valence-electron chi connectivity index (χ2n) is 4.43. The molecule has 0 bridgehead atoms.